The Morgan fingerprint density at radius 3 is 2.50 bits per heavy atom. The van der Waals surface area contributed by atoms with E-state index in [9.17, 15) is 4.79 Å². The Morgan fingerprint density at radius 1 is 1.00 bits per heavy atom. The third kappa shape index (κ3) is 2.67. The van der Waals surface area contributed by atoms with Crippen molar-refractivity contribution in [1.29, 1.82) is 0 Å². The quantitative estimate of drug-likeness (QED) is 0.762. The summed E-state index contributed by atoms with van der Waals surface area (Å²) in [6.07, 6.45) is 0. The van der Waals surface area contributed by atoms with E-state index in [1.165, 1.54) is 0 Å². The van der Waals surface area contributed by atoms with Crippen LogP contribution < -0.4 is 9.47 Å². The molecule has 0 fully saturated rings. The highest BCUT2D eigenvalue weighted by Crippen LogP contribution is 2.32. The monoisotopic (exact) mass is 352 g/mol. The molecule has 0 bridgehead atoms. The van der Waals surface area contributed by atoms with Crippen molar-refractivity contribution in [3.05, 3.63) is 57.0 Å². The third-order valence-electron chi connectivity index (χ3n) is 2.93. The number of fused-ring (bicyclic) bond motifs is 1. The molecule has 102 valence electrons. The Labute approximate surface area is 129 Å². The summed E-state index contributed by atoms with van der Waals surface area (Å²) in [5.74, 6) is 1.16. The lowest BCUT2D eigenvalue weighted by Gasteiger charge is -2.18. The zero-order valence-corrected chi connectivity index (χ0v) is 12.7. The first kappa shape index (κ1) is 13.5. The minimum Gasteiger partial charge on any atom is -0.486 e. The van der Waals surface area contributed by atoms with Gasteiger partial charge in [0.25, 0.3) is 0 Å². The highest BCUT2D eigenvalue weighted by atomic mass is 79.9. The summed E-state index contributed by atoms with van der Waals surface area (Å²) in [5, 5.41) is 0.514. The maximum Gasteiger partial charge on any atom is 0.193 e. The molecule has 3 nitrogen and oxygen atoms in total. The molecule has 2 aromatic rings. The van der Waals surface area contributed by atoms with Gasteiger partial charge in [0.2, 0.25) is 0 Å². The summed E-state index contributed by atoms with van der Waals surface area (Å²) in [6, 6.07) is 10.3. The fraction of sp³-hybridized carbons (Fsp3) is 0.133. The molecule has 3 rings (SSSR count). The molecule has 0 spiro atoms. The Balaban J connectivity index is 1.97. The van der Waals surface area contributed by atoms with Gasteiger partial charge >= 0.3 is 0 Å². The summed E-state index contributed by atoms with van der Waals surface area (Å²) in [5.41, 5.74) is 1.07. The van der Waals surface area contributed by atoms with Crippen molar-refractivity contribution < 1.29 is 14.3 Å². The molecule has 1 aliphatic rings. The third-order valence-corrected chi connectivity index (χ3v) is 3.61. The second kappa shape index (κ2) is 5.46. The number of hydrogen-bond donors (Lipinski definition) is 0. The molecule has 1 heterocycles. The zero-order chi connectivity index (χ0) is 14.1. The second-order valence-corrected chi connectivity index (χ2v) is 5.70. The number of benzene rings is 2. The van der Waals surface area contributed by atoms with Crippen molar-refractivity contribution in [2.45, 2.75) is 0 Å². The molecule has 0 N–H and O–H groups in total. The molecular formula is C15H10BrClO3. The molecule has 5 heteroatoms. The molecule has 0 saturated heterocycles. The largest absolute Gasteiger partial charge is 0.486 e. The van der Waals surface area contributed by atoms with E-state index in [2.05, 4.69) is 15.9 Å². The summed E-state index contributed by atoms with van der Waals surface area (Å²) < 4.78 is 11.7. The van der Waals surface area contributed by atoms with Crippen LogP contribution in [0.5, 0.6) is 11.5 Å². The minimum atomic E-state index is -0.106. The molecule has 20 heavy (non-hydrogen) atoms. The lowest BCUT2D eigenvalue weighted by molar-refractivity contribution is 0.103. The van der Waals surface area contributed by atoms with E-state index in [1.54, 1.807) is 36.4 Å². The first-order valence-corrected chi connectivity index (χ1v) is 7.21. The molecule has 1 aliphatic heterocycles. The fourth-order valence-corrected chi connectivity index (χ4v) is 2.90. The van der Waals surface area contributed by atoms with Gasteiger partial charge in [0.05, 0.1) is 0 Å². The number of carbonyl (C=O) groups excluding carboxylic acids is 1. The van der Waals surface area contributed by atoms with E-state index >= 15 is 0 Å². The molecule has 0 aromatic heterocycles. The van der Waals surface area contributed by atoms with E-state index in [4.69, 9.17) is 21.1 Å². The van der Waals surface area contributed by atoms with Gasteiger partial charge in [0.1, 0.15) is 13.2 Å². The van der Waals surface area contributed by atoms with Gasteiger partial charge < -0.3 is 9.47 Å². The van der Waals surface area contributed by atoms with Crippen LogP contribution in [-0.4, -0.2) is 19.0 Å². The fourth-order valence-electron chi connectivity index (χ4n) is 2.04. The predicted octanol–water partition coefficient (Wildman–Crippen LogP) is 4.10. The van der Waals surface area contributed by atoms with Gasteiger partial charge in [-0.3, -0.25) is 4.79 Å². The topological polar surface area (TPSA) is 35.5 Å². The maximum absolute atomic E-state index is 12.5. The first-order chi connectivity index (χ1) is 9.63. The van der Waals surface area contributed by atoms with E-state index < -0.39 is 0 Å². The molecule has 0 amide bonds. The van der Waals surface area contributed by atoms with Gasteiger partial charge in [-0.15, -0.1) is 0 Å². The second-order valence-electron chi connectivity index (χ2n) is 4.35. The lowest BCUT2D eigenvalue weighted by atomic mass is 10.0. The van der Waals surface area contributed by atoms with Crippen LogP contribution in [0.15, 0.2) is 40.9 Å². The summed E-state index contributed by atoms with van der Waals surface area (Å²) in [4.78, 5) is 12.5. The highest BCUT2D eigenvalue weighted by Gasteiger charge is 2.16. The number of ketones is 1. The van der Waals surface area contributed by atoms with Gasteiger partial charge in [-0.05, 0) is 36.4 Å². The van der Waals surface area contributed by atoms with Gasteiger partial charge in [-0.25, -0.2) is 0 Å². The molecule has 0 radical (unpaired) electrons. The molecular weight excluding hydrogens is 344 g/mol. The maximum atomic E-state index is 12.5. The van der Waals surface area contributed by atoms with Gasteiger partial charge in [0.15, 0.2) is 17.3 Å². The Kier molecular flexibility index (Phi) is 3.68. The molecule has 0 aliphatic carbocycles. The number of ether oxygens (including phenoxy) is 2. The van der Waals surface area contributed by atoms with Crippen molar-refractivity contribution >= 4 is 33.3 Å². The van der Waals surface area contributed by atoms with E-state index in [0.717, 1.165) is 4.47 Å². The van der Waals surface area contributed by atoms with Gasteiger partial charge in [0, 0.05) is 20.6 Å². The number of halogens is 2. The summed E-state index contributed by atoms with van der Waals surface area (Å²) in [6.45, 7) is 1.02. The predicted molar refractivity (Wildman–Crippen MR) is 80.0 cm³/mol. The smallest absolute Gasteiger partial charge is 0.193 e. The van der Waals surface area contributed by atoms with E-state index in [-0.39, 0.29) is 5.78 Å². The van der Waals surface area contributed by atoms with Gasteiger partial charge in [-0.2, -0.15) is 0 Å². The average molecular weight is 354 g/mol. The normalized spacial score (nSPS) is 13.1. The van der Waals surface area contributed by atoms with Crippen LogP contribution in [0, 0.1) is 0 Å². The number of hydrogen-bond acceptors (Lipinski definition) is 3. The molecule has 0 atom stereocenters. The minimum absolute atomic E-state index is 0.106. The Morgan fingerprint density at radius 2 is 1.75 bits per heavy atom. The number of rotatable bonds is 2. The van der Waals surface area contributed by atoms with Crippen LogP contribution in [0.25, 0.3) is 0 Å². The molecule has 0 unspecified atom stereocenters. The standard InChI is InChI=1S/C15H10BrClO3/c16-11-5-10(6-12(17)8-11)15(18)9-1-2-13-14(7-9)20-4-3-19-13/h1-2,5-8H,3-4H2. The van der Waals surface area contributed by atoms with Crippen LogP contribution in [-0.2, 0) is 0 Å². The highest BCUT2D eigenvalue weighted by molar-refractivity contribution is 9.10. The van der Waals surface area contributed by atoms with E-state index in [0.29, 0.717) is 40.9 Å². The van der Waals surface area contributed by atoms with Crippen molar-refractivity contribution in [1.82, 2.24) is 0 Å². The van der Waals surface area contributed by atoms with Crippen LogP contribution in [0.1, 0.15) is 15.9 Å². The van der Waals surface area contributed by atoms with Crippen LogP contribution in [0.4, 0.5) is 0 Å². The van der Waals surface area contributed by atoms with Crippen LogP contribution in [0.3, 0.4) is 0 Å². The Hall–Kier alpha value is -1.52. The van der Waals surface area contributed by atoms with Crippen LogP contribution in [0.2, 0.25) is 5.02 Å². The van der Waals surface area contributed by atoms with Crippen molar-refractivity contribution in [2.75, 3.05) is 13.2 Å². The average Bonchev–Trinajstić information content (AvgIpc) is 2.45. The lowest BCUT2D eigenvalue weighted by Crippen LogP contribution is -2.15. The van der Waals surface area contributed by atoms with Crippen molar-refractivity contribution in [2.24, 2.45) is 0 Å². The molecule has 0 saturated carbocycles. The number of carbonyl (C=O) groups is 1. The first-order valence-electron chi connectivity index (χ1n) is 6.04. The Bertz CT molecular complexity index is 665. The summed E-state index contributed by atoms with van der Waals surface area (Å²) >= 11 is 9.30. The van der Waals surface area contributed by atoms with Gasteiger partial charge in [-0.1, -0.05) is 27.5 Å². The molecule has 2 aromatic carbocycles. The SMILES string of the molecule is O=C(c1cc(Cl)cc(Br)c1)c1ccc2c(c1)OCCO2. The summed E-state index contributed by atoms with van der Waals surface area (Å²) in [7, 11) is 0. The van der Waals surface area contributed by atoms with Crippen LogP contribution >= 0.6 is 27.5 Å². The van der Waals surface area contributed by atoms with Crippen molar-refractivity contribution in [3.8, 4) is 11.5 Å². The van der Waals surface area contributed by atoms with Crippen molar-refractivity contribution in [3.63, 3.8) is 0 Å². The van der Waals surface area contributed by atoms with E-state index in [1.807, 2.05) is 0 Å². The zero-order valence-electron chi connectivity index (χ0n) is 10.4.